The fourth-order valence-electron chi connectivity index (χ4n) is 4.92. The van der Waals surface area contributed by atoms with Crippen LogP contribution in [0.25, 0.3) is 0 Å². The third-order valence-corrected chi connectivity index (χ3v) is 5.88. The molecule has 102 valence electrons. The molecule has 1 heterocycles. The summed E-state index contributed by atoms with van der Waals surface area (Å²) in [5.74, 6) is 1.28. The Bertz CT molecular complexity index is 352. The van der Waals surface area contributed by atoms with E-state index in [4.69, 9.17) is 4.74 Å². The molecule has 3 rings (SSSR count). The van der Waals surface area contributed by atoms with Gasteiger partial charge in [-0.25, -0.2) is 0 Å². The molecule has 18 heavy (non-hydrogen) atoms. The highest BCUT2D eigenvalue weighted by Gasteiger charge is 2.57. The van der Waals surface area contributed by atoms with E-state index in [0.717, 1.165) is 37.7 Å². The van der Waals surface area contributed by atoms with Crippen molar-refractivity contribution < 1.29 is 14.6 Å². The predicted octanol–water partition coefficient (Wildman–Crippen LogP) is 2.94. The van der Waals surface area contributed by atoms with Gasteiger partial charge in [-0.3, -0.25) is 4.79 Å². The van der Waals surface area contributed by atoms with E-state index in [2.05, 4.69) is 13.8 Å². The maximum Gasteiger partial charge on any atom is 0.309 e. The van der Waals surface area contributed by atoms with Crippen LogP contribution >= 0.6 is 0 Å². The Balaban J connectivity index is 1.86. The molecule has 3 heteroatoms. The van der Waals surface area contributed by atoms with Gasteiger partial charge in [0.25, 0.3) is 0 Å². The van der Waals surface area contributed by atoms with E-state index in [9.17, 15) is 9.90 Å². The lowest BCUT2D eigenvalue weighted by molar-refractivity contribution is -0.146. The van der Waals surface area contributed by atoms with Gasteiger partial charge >= 0.3 is 5.97 Å². The summed E-state index contributed by atoms with van der Waals surface area (Å²) in [6.07, 6.45) is 5.46. The SMILES string of the molecule is CC(C)C1CCC23COC(C2)C(C(=O)O)CCC13. The molecule has 5 atom stereocenters. The van der Waals surface area contributed by atoms with E-state index >= 15 is 0 Å². The maximum atomic E-state index is 11.3. The van der Waals surface area contributed by atoms with Gasteiger partial charge in [-0.2, -0.15) is 0 Å². The predicted molar refractivity (Wildman–Crippen MR) is 68.2 cm³/mol. The van der Waals surface area contributed by atoms with Gasteiger partial charge in [0.05, 0.1) is 18.6 Å². The minimum atomic E-state index is -0.655. The van der Waals surface area contributed by atoms with E-state index in [1.165, 1.54) is 12.8 Å². The highest BCUT2D eigenvalue weighted by atomic mass is 16.5. The van der Waals surface area contributed by atoms with Crippen LogP contribution in [0.3, 0.4) is 0 Å². The van der Waals surface area contributed by atoms with Crippen LogP contribution in [0.4, 0.5) is 0 Å². The van der Waals surface area contributed by atoms with Crippen LogP contribution in [0.1, 0.15) is 46.0 Å². The molecule has 0 aromatic rings. The summed E-state index contributed by atoms with van der Waals surface area (Å²) in [6.45, 7) is 5.45. The number of fused-ring (bicyclic) bond motifs is 1. The van der Waals surface area contributed by atoms with Crippen LogP contribution in [0, 0.1) is 29.1 Å². The molecule has 5 unspecified atom stereocenters. The highest BCUT2D eigenvalue weighted by Crippen LogP contribution is 2.59. The molecule has 1 saturated heterocycles. The Hall–Kier alpha value is -0.570. The second-order valence-corrected chi connectivity index (χ2v) is 6.99. The molecule has 3 fully saturated rings. The van der Waals surface area contributed by atoms with Crippen molar-refractivity contribution >= 4 is 5.97 Å². The van der Waals surface area contributed by atoms with Crippen LogP contribution < -0.4 is 0 Å². The largest absolute Gasteiger partial charge is 0.481 e. The summed E-state index contributed by atoms with van der Waals surface area (Å²) in [4.78, 5) is 11.3. The average molecular weight is 252 g/mol. The molecule has 2 aliphatic carbocycles. The van der Waals surface area contributed by atoms with Crippen molar-refractivity contribution in [2.24, 2.45) is 29.1 Å². The second kappa shape index (κ2) is 4.22. The van der Waals surface area contributed by atoms with Gasteiger partial charge in [-0.1, -0.05) is 13.8 Å². The van der Waals surface area contributed by atoms with Crippen molar-refractivity contribution in [3.05, 3.63) is 0 Å². The number of carboxylic acids is 1. The van der Waals surface area contributed by atoms with E-state index in [0.29, 0.717) is 11.3 Å². The molecule has 0 aromatic heterocycles. The number of hydrogen-bond donors (Lipinski definition) is 1. The first-order valence-electron chi connectivity index (χ1n) is 7.38. The third-order valence-electron chi connectivity index (χ3n) is 5.88. The van der Waals surface area contributed by atoms with Gasteiger partial charge in [0, 0.05) is 0 Å². The average Bonchev–Trinajstić information content (AvgIpc) is 2.80. The fourth-order valence-corrected chi connectivity index (χ4v) is 4.92. The Kier molecular flexibility index (Phi) is 2.92. The first-order chi connectivity index (χ1) is 8.53. The van der Waals surface area contributed by atoms with Crippen molar-refractivity contribution in [1.29, 1.82) is 0 Å². The van der Waals surface area contributed by atoms with Crippen LogP contribution in [0.15, 0.2) is 0 Å². The molecular weight excluding hydrogens is 228 g/mol. The Morgan fingerprint density at radius 1 is 1.33 bits per heavy atom. The number of carbonyl (C=O) groups is 1. The highest BCUT2D eigenvalue weighted by molar-refractivity contribution is 5.70. The van der Waals surface area contributed by atoms with Crippen molar-refractivity contribution in [3.8, 4) is 0 Å². The standard InChI is InChI=1S/C15H24O3/c1-9(2)10-5-6-15-7-13(18-8-15)11(14(16)17)3-4-12(10)15/h9-13H,3-8H2,1-2H3,(H,16,17). The molecular formula is C15H24O3. The molecule has 2 bridgehead atoms. The van der Waals surface area contributed by atoms with Crippen LogP contribution in [-0.2, 0) is 9.53 Å². The van der Waals surface area contributed by atoms with Gasteiger partial charge in [0.2, 0.25) is 0 Å². The summed E-state index contributed by atoms with van der Waals surface area (Å²) >= 11 is 0. The molecule has 1 aliphatic heterocycles. The summed E-state index contributed by atoms with van der Waals surface area (Å²) in [7, 11) is 0. The quantitative estimate of drug-likeness (QED) is 0.822. The molecule has 1 spiro atoms. The zero-order valence-corrected chi connectivity index (χ0v) is 11.4. The number of ether oxygens (including phenoxy) is 1. The van der Waals surface area contributed by atoms with Crippen LogP contribution in [-0.4, -0.2) is 23.8 Å². The second-order valence-electron chi connectivity index (χ2n) is 6.99. The Morgan fingerprint density at radius 2 is 2.11 bits per heavy atom. The Morgan fingerprint density at radius 3 is 2.78 bits per heavy atom. The zero-order chi connectivity index (χ0) is 12.9. The van der Waals surface area contributed by atoms with E-state index in [-0.39, 0.29) is 12.0 Å². The van der Waals surface area contributed by atoms with Crippen molar-refractivity contribution in [1.82, 2.24) is 0 Å². The smallest absolute Gasteiger partial charge is 0.309 e. The first kappa shape index (κ1) is 12.5. The lowest BCUT2D eigenvalue weighted by Gasteiger charge is -2.33. The summed E-state index contributed by atoms with van der Waals surface area (Å²) < 4.78 is 5.88. The van der Waals surface area contributed by atoms with Gasteiger partial charge in [-0.15, -0.1) is 0 Å². The van der Waals surface area contributed by atoms with Crippen molar-refractivity contribution in [2.45, 2.75) is 52.1 Å². The van der Waals surface area contributed by atoms with E-state index in [1.54, 1.807) is 0 Å². The molecule has 3 nitrogen and oxygen atoms in total. The number of aliphatic carboxylic acids is 1. The topological polar surface area (TPSA) is 46.5 Å². The monoisotopic (exact) mass is 252 g/mol. The normalized spacial score (nSPS) is 47.1. The maximum absolute atomic E-state index is 11.3. The molecule has 0 radical (unpaired) electrons. The fraction of sp³-hybridized carbons (Fsp3) is 0.933. The number of hydrogen-bond acceptors (Lipinski definition) is 2. The third kappa shape index (κ3) is 1.70. The van der Waals surface area contributed by atoms with Crippen molar-refractivity contribution in [2.75, 3.05) is 6.61 Å². The molecule has 2 saturated carbocycles. The van der Waals surface area contributed by atoms with Crippen LogP contribution in [0.5, 0.6) is 0 Å². The van der Waals surface area contributed by atoms with Crippen LogP contribution in [0.2, 0.25) is 0 Å². The Labute approximate surface area is 109 Å². The molecule has 0 amide bonds. The van der Waals surface area contributed by atoms with Gasteiger partial charge in [0.1, 0.15) is 0 Å². The summed E-state index contributed by atoms with van der Waals surface area (Å²) in [5, 5.41) is 9.34. The number of carboxylic acid groups (broad SMARTS) is 1. The summed E-state index contributed by atoms with van der Waals surface area (Å²) in [6, 6.07) is 0. The molecule has 3 aliphatic rings. The van der Waals surface area contributed by atoms with Gasteiger partial charge < -0.3 is 9.84 Å². The molecule has 0 aromatic carbocycles. The van der Waals surface area contributed by atoms with E-state index < -0.39 is 5.97 Å². The lowest BCUT2D eigenvalue weighted by atomic mass is 9.71. The minimum Gasteiger partial charge on any atom is -0.481 e. The lowest BCUT2D eigenvalue weighted by Crippen LogP contribution is -2.30. The minimum absolute atomic E-state index is 0.0154. The molecule has 1 N–H and O–H groups in total. The van der Waals surface area contributed by atoms with Gasteiger partial charge in [-0.05, 0) is 55.3 Å². The van der Waals surface area contributed by atoms with Gasteiger partial charge in [0.15, 0.2) is 0 Å². The summed E-state index contributed by atoms with van der Waals surface area (Å²) in [5.41, 5.74) is 0.323. The zero-order valence-electron chi connectivity index (χ0n) is 11.4. The van der Waals surface area contributed by atoms with E-state index in [1.807, 2.05) is 0 Å². The van der Waals surface area contributed by atoms with Crippen molar-refractivity contribution in [3.63, 3.8) is 0 Å². The first-order valence-corrected chi connectivity index (χ1v) is 7.38. The number of rotatable bonds is 2.